The van der Waals surface area contributed by atoms with Gasteiger partial charge in [0.05, 0.1) is 5.60 Å². The molecule has 0 saturated heterocycles. The Labute approximate surface area is 97.5 Å². The Balaban J connectivity index is 2.08. The van der Waals surface area contributed by atoms with Gasteiger partial charge in [-0.05, 0) is 42.7 Å². The molecule has 0 aliphatic heterocycles. The molecule has 88 valence electrons. The summed E-state index contributed by atoms with van der Waals surface area (Å²) in [5.41, 5.74) is 7.71. The number of benzene rings is 1. The standard InChI is InChI=1S/C14H21NO/c1-2-11-3-5-12(6-4-11)13-7-8-14(16,9-13)10-15/h3-6,13,16H,2,7-10,15H2,1H3. The van der Waals surface area contributed by atoms with Gasteiger partial charge in [0, 0.05) is 6.54 Å². The molecule has 3 N–H and O–H groups in total. The highest BCUT2D eigenvalue weighted by atomic mass is 16.3. The van der Waals surface area contributed by atoms with Crippen LogP contribution in [0.2, 0.25) is 0 Å². The van der Waals surface area contributed by atoms with Gasteiger partial charge in [-0.3, -0.25) is 0 Å². The van der Waals surface area contributed by atoms with Crippen LogP contribution in [-0.2, 0) is 6.42 Å². The van der Waals surface area contributed by atoms with Crippen molar-refractivity contribution in [2.75, 3.05) is 6.54 Å². The smallest absolute Gasteiger partial charge is 0.0775 e. The van der Waals surface area contributed by atoms with Crippen LogP contribution in [0.25, 0.3) is 0 Å². The molecule has 1 saturated carbocycles. The molecule has 1 aromatic carbocycles. The summed E-state index contributed by atoms with van der Waals surface area (Å²) in [7, 11) is 0. The quantitative estimate of drug-likeness (QED) is 0.818. The summed E-state index contributed by atoms with van der Waals surface area (Å²) in [6.07, 6.45) is 3.79. The first-order valence-electron chi connectivity index (χ1n) is 6.18. The highest BCUT2D eigenvalue weighted by Gasteiger charge is 2.36. The molecule has 16 heavy (non-hydrogen) atoms. The van der Waals surface area contributed by atoms with Crippen molar-refractivity contribution in [1.82, 2.24) is 0 Å². The third kappa shape index (κ3) is 2.28. The van der Waals surface area contributed by atoms with E-state index >= 15 is 0 Å². The third-order valence-electron chi connectivity index (χ3n) is 3.82. The Morgan fingerprint density at radius 1 is 1.38 bits per heavy atom. The van der Waals surface area contributed by atoms with E-state index in [1.807, 2.05) is 0 Å². The molecule has 0 heterocycles. The second-order valence-electron chi connectivity index (χ2n) is 4.96. The summed E-state index contributed by atoms with van der Waals surface area (Å²) in [6, 6.07) is 8.78. The molecule has 1 aliphatic carbocycles. The summed E-state index contributed by atoms with van der Waals surface area (Å²) in [5.74, 6) is 0.486. The van der Waals surface area contributed by atoms with Crippen LogP contribution in [0.3, 0.4) is 0 Å². The second-order valence-corrected chi connectivity index (χ2v) is 4.96. The molecule has 0 bridgehead atoms. The zero-order valence-corrected chi connectivity index (χ0v) is 9.95. The van der Waals surface area contributed by atoms with Crippen LogP contribution in [0, 0.1) is 0 Å². The zero-order chi connectivity index (χ0) is 11.6. The lowest BCUT2D eigenvalue weighted by Gasteiger charge is -2.20. The normalized spacial score (nSPS) is 29.6. The molecule has 1 fully saturated rings. The number of aliphatic hydroxyl groups is 1. The average Bonchev–Trinajstić information content (AvgIpc) is 2.73. The highest BCUT2D eigenvalue weighted by Crippen LogP contribution is 2.40. The number of rotatable bonds is 3. The summed E-state index contributed by atoms with van der Waals surface area (Å²) in [6.45, 7) is 2.55. The van der Waals surface area contributed by atoms with E-state index in [2.05, 4.69) is 31.2 Å². The van der Waals surface area contributed by atoms with Gasteiger partial charge in [0.15, 0.2) is 0 Å². The molecule has 0 radical (unpaired) electrons. The number of aryl methyl sites for hydroxylation is 1. The maximum Gasteiger partial charge on any atom is 0.0775 e. The molecule has 0 amide bonds. The van der Waals surface area contributed by atoms with Gasteiger partial charge in [0.1, 0.15) is 0 Å². The van der Waals surface area contributed by atoms with Crippen LogP contribution in [-0.4, -0.2) is 17.3 Å². The van der Waals surface area contributed by atoms with Crippen molar-refractivity contribution >= 4 is 0 Å². The Kier molecular flexibility index (Phi) is 3.31. The van der Waals surface area contributed by atoms with Crippen LogP contribution < -0.4 is 5.73 Å². The number of nitrogens with two attached hydrogens (primary N) is 1. The van der Waals surface area contributed by atoms with E-state index in [-0.39, 0.29) is 0 Å². The molecule has 2 heteroatoms. The van der Waals surface area contributed by atoms with Gasteiger partial charge in [0.25, 0.3) is 0 Å². The lowest BCUT2D eigenvalue weighted by atomic mass is 9.94. The fourth-order valence-electron chi connectivity index (χ4n) is 2.60. The Bertz CT molecular complexity index is 346. The van der Waals surface area contributed by atoms with Crippen molar-refractivity contribution in [3.8, 4) is 0 Å². The van der Waals surface area contributed by atoms with Crippen molar-refractivity contribution in [3.05, 3.63) is 35.4 Å². The predicted molar refractivity (Wildman–Crippen MR) is 66.4 cm³/mol. The molecular weight excluding hydrogens is 198 g/mol. The maximum absolute atomic E-state index is 10.1. The lowest BCUT2D eigenvalue weighted by molar-refractivity contribution is 0.0554. The number of hydrogen-bond acceptors (Lipinski definition) is 2. The van der Waals surface area contributed by atoms with Gasteiger partial charge in [-0.1, -0.05) is 31.2 Å². The van der Waals surface area contributed by atoms with E-state index in [1.165, 1.54) is 11.1 Å². The Morgan fingerprint density at radius 3 is 2.56 bits per heavy atom. The maximum atomic E-state index is 10.1. The lowest BCUT2D eigenvalue weighted by Crippen LogP contribution is -2.34. The molecule has 1 aliphatic rings. The minimum absolute atomic E-state index is 0.385. The molecule has 2 unspecified atom stereocenters. The van der Waals surface area contributed by atoms with E-state index < -0.39 is 5.60 Å². The first kappa shape index (κ1) is 11.6. The largest absolute Gasteiger partial charge is 0.389 e. The fourth-order valence-corrected chi connectivity index (χ4v) is 2.60. The van der Waals surface area contributed by atoms with E-state index in [0.29, 0.717) is 12.5 Å². The molecule has 2 rings (SSSR count). The summed E-state index contributed by atoms with van der Waals surface area (Å²) in [4.78, 5) is 0. The van der Waals surface area contributed by atoms with Crippen molar-refractivity contribution in [2.24, 2.45) is 5.73 Å². The predicted octanol–water partition coefficient (Wildman–Crippen LogP) is 2.21. The van der Waals surface area contributed by atoms with Gasteiger partial charge in [-0.2, -0.15) is 0 Å². The van der Waals surface area contributed by atoms with Crippen molar-refractivity contribution in [3.63, 3.8) is 0 Å². The minimum atomic E-state index is -0.617. The molecular formula is C14H21NO. The molecule has 0 spiro atoms. The fraction of sp³-hybridized carbons (Fsp3) is 0.571. The average molecular weight is 219 g/mol. The monoisotopic (exact) mass is 219 g/mol. The molecule has 2 nitrogen and oxygen atoms in total. The Morgan fingerprint density at radius 2 is 2.06 bits per heavy atom. The van der Waals surface area contributed by atoms with Crippen molar-refractivity contribution in [1.29, 1.82) is 0 Å². The molecule has 1 aromatic rings. The second kappa shape index (κ2) is 4.56. The summed E-state index contributed by atoms with van der Waals surface area (Å²) in [5, 5.41) is 10.1. The van der Waals surface area contributed by atoms with Gasteiger partial charge < -0.3 is 10.8 Å². The topological polar surface area (TPSA) is 46.2 Å². The first-order chi connectivity index (χ1) is 7.67. The summed E-state index contributed by atoms with van der Waals surface area (Å²) >= 11 is 0. The zero-order valence-electron chi connectivity index (χ0n) is 9.95. The van der Waals surface area contributed by atoms with E-state index in [0.717, 1.165) is 25.7 Å². The Hall–Kier alpha value is -0.860. The first-order valence-corrected chi connectivity index (χ1v) is 6.18. The van der Waals surface area contributed by atoms with Gasteiger partial charge in [0.2, 0.25) is 0 Å². The van der Waals surface area contributed by atoms with Crippen LogP contribution in [0.4, 0.5) is 0 Å². The van der Waals surface area contributed by atoms with Crippen LogP contribution in [0.1, 0.15) is 43.2 Å². The third-order valence-corrected chi connectivity index (χ3v) is 3.82. The molecule has 0 aromatic heterocycles. The van der Waals surface area contributed by atoms with Gasteiger partial charge >= 0.3 is 0 Å². The van der Waals surface area contributed by atoms with Gasteiger partial charge in [-0.25, -0.2) is 0 Å². The molecule has 2 atom stereocenters. The summed E-state index contributed by atoms with van der Waals surface area (Å²) < 4.78 is 0. The minimum Gasteiger partial charge on any atom is -0.389 e. The SMILES string of the molecule is CCc1ccc(C2CCC(O)(CN)C2)cc1. The van der Waals surface area contributed by atoms with Crippen LogP contribution in [0.15, 0.2) is 24.3 Å². The van der Waals surface area contributed by atoms with Crippen LogP contribution >= 0.6 is 0 Å². The highest BCUT2D eigenvalue weighted by molar-refractivity contribution is 5.26. The van der Waals surface area contributed by atoms with Crippen molar-refractivity contribution < 1.29 is 5.11 Å². The van der Waals surface area contributed by atoms with E-state index in [9.17, 15) is 5.11 Å². The number of hydrogen-bond donors (Lipinski definition) is 2. The van der Waals surface area contributed by atoms with Crippen LogP contribution in [0.5, 0.6) is 0 Å². The van der Waals surface area contributed by atoms with Crippen molar-refractivity contribution in [2.45, 2.75) is 44.1 Å². The van der Waals surface area contributed by atoms with Gasteiger partial charge in [-0.15, -0.1) is 0 Å². The van der Waals surface area contributed by atoms with E-state index in [4.69, 9.17) is 5.73 Å². The van der Waals surface area contributed by atoms with E-state index in [1.54, 1.807) is 0 Å².